The van der Waals surface area contributed by atoms with Crippen molar-refractivity contribution >= 4 is 0 Å². The molecular formula is C12H11F2N3O2. The Labute approximate surface area is 107 Å². The molecule has 1 aliphatic rings. The molecule has 0 radical (unpaired) electrons. The van der Waals surface area contributed by atoms with Gasteiger partial charge in [-0.15, -0.1) is 0 Å². The van der Waals surface area contributed by atoms with E-state index in [1.165, 1.54) is 0 Å². The number of aromatic nitrogens is 2. The van der Waals surface area contributed by atoms with E-state index >= 15 is 0 Å². The van der Waals surface area contributed by atoms with Crippen molar-refractivity contribution in [1.82, 2.24) is 15.5 Å². The first-order valence-corrected chi connectivity index (χ1v) is 5.83. The van der Waals surface area contributed by atoms with Crippen LogP contribution in [0.25, 0.3) is 11.4 Å². The lowest BCUT2D eigenvalue weighted by Crippen LogP contribution is -2.15. The van der Waals surface area contributed by atoms with Crippen LogP contribution >= 0.6 is 0 Å². The van der Waals surface area contributed by atoms with Gasteiger partial charge in [0.05, 0.1) is 12.1 Å². The van der Waals surface area contributed by atoms with E-state index in [9.17, 15) is 13.9 Å². The van der Waals surface area contributed by atoms with Crippen molar-refractivity contribution in [2.24, 2.45) is 0 Å². The molecule has 2 aromatic rings. The Balaban J connectivity index is 1.88. The first-order valence-electron chi connectivity index (χ1n) is 5.83. The molecule has 1 saturated heterocycles. The average molecular weight is 267 g/mol. The van der Waals surface area contributed by atoms with E-state index in [0.29, 0.717) is 18.9 Å². The molecule has 19 heavy (non-hydrogen) atoms. The standard InChI is InChI=1S/C12H11F2N3O2/c13-7-1-6(2-8(14)3-7)11-16-12(19-17-11)10-4-9(18)5-15-10/h1-3,9-10,15,18H,4-5H2/t9-,10+/m0/s1. The Morgan fingerprint density at radius 1 is 1.26 bits per heavy atom. The summed E-state index contributed by atoms with van der Waals surface area (Å²) in [4.78, 5) is 4.09. The molecule has 2 N–H and O–H groups in total. The highest BCUT2D eigenvalue weighted by Crippen LogP contribution is 2.25. The number of benzene rings is 1. The summed E-state index contributed by atoms with van der Waals surface area (Å²) < 4.78 is 31.3. The van der Waals surface area contributed by atoms with Crippen molar-refractivity contribution in [3.05, 3.63) is 35.7 Å². The minimum absolute atomic E-state index is 0.122. The Hall–Kier alpha value is -1.86. The van der Waals surface area contributed by atoms with Crippen molar-refractivity contribution in [2.75, 3.05) is 6.54 Å². The van der Waals surface area contributed by atoms with E-state index in [2.05, 4.69) is 15.5 Å². The van der Waals surface area contributed by atoms with Crippen molar-refractivity contribution in [1.29, 1.82) is 0 Å². The molecule has 3 rings (SSSR count). The number of aliphatic hydroxyl groups excluding tert-OH is 1. The summed E-state index contributed by atoms with van der Waals surface area (Å²) in [7, 11) is 0. The first kappa shape index (κ1) is 12.2. The summed E-state index contributed by atoms with van der Waals surface area (Å²) >= 11 is 0. The lowest BCUT2D eigenvalue weighted by atomic mass is 10.2. The fourth-order valence-corrected chi connectivity index (χ4v) is 2.08. The number of nitrogens with one attached hydrogen (secondary N) is 1. The third-order valence-electron chi connectivity index (χ3n) is 2.97. The van der Waals surface area contributed by atoms with Crippen LogP contribution in [0.2, 0.25) is 0 Å². The Kier molecular flexibility index (Phi) is 3.00. The molecule has 0 amide bonds. The quantitative estimate of drug-likeness (QED) is 0.860. The molecule has 1 fully saturated rings. The molecule has 0 unspecified atom stereocenters. The number of hydrogen-bond acceptors (Lipinski definition) is 5. The number of nitrogens with zero attached hydrogens (tertiary/aromatic N) is 2. The zero-order valence-electron chi connectivity index (χ0n) is 9.81. The van der Waals surface area contributed by atoms with E-state index < -0.39 is 17.7 Å². The summed E-state index contributed by atoms with van der Waals surface area (Å²) in [6.07, 6.45) is 0.0195. The van der Waals surface area contributed by atoms with Gasteiger partial charge in [-0.2, -0.15) is 4.98 Å². The summed E-state index contributed by atoms with van der Waals surface area (Å²) in [6, 6.07) is 2.82. The van der Waals surface area contributed by atoms with Crippen molar-refractivity contribution in [3.8, 4) is 11.4 Å². The SMILES string of the molecule is O[C@@H]1CN[C@@H](c2nc(-c3cc(F)cc(F)c3)no2)C1. The molecule has 0 bridgehead atoms. The van der Waals surface area contributed by atoms with Gasteiger partial charge in [-0.25, -0.2) is 8.78 Å². The number of aliphatic hydroxyl groups is 1. The van der Waals surface area contributed by atoms with Crippen LogP contribution in [0, 0.1) is 11.6 Å². The van der Waals surface area contributed by atoms with Gasteiger partial charge in [-0.1, -0.05) is 5.16 Å². The summed E-state index contributed by atoms with van der Waals surface area (Å²) in [5.74, 6) is -0.973. The smallest absolute Gasteiger partial charge is 0.244 e. The summed E-state index contributed by atoms with van der Waals surface area (Å²) in [5.41, 5.74) is 0.214. The predicted octanol–water partition coefficient (Wildman–Crippen LogP) is 1.41. The van der Waals surface area contributed by atoms with Gasteiger partial charge < -0.3 is 14.9 Å². The molecule has 0 saturated carbocycles. The molecule has 0 aliphatic carbocycles. The van der Waals surface area contributed by atoms with Gasteiger partial charge in [0.25, 0.3) is 0 Å². The molecule has 1 aromatic heterocycles. The third kappa shape index (κ3) is 2.47. The van der Waals surface area contributed by atoms with E-state index in [1.54, 1.807) is 0 Å². The second kappa shape index (κ2) is 4.67. The maximum atomic E-state index is 13.1. The van der Waals surface area contributed by atoms with E-state index in [1.807, 2.05) is 0 Å². The van der Waals surface area contributed by atoms with E-state index in [-0.39, 0.29) is 17.4 Å². The van der Waals surface area contributed by atoms with Crippen LogP contribution in [-0.4, -0.2) is 27.9 Å². The lowest BCUT2D eigenvalue weighted by Gasteiger charge is -2.01. The van der Waals surface area contributed by atoms with Crippen molar-refractivity contribution in [3.63, 3.8) is 0 Å². The Morgan fingerprint density at radius 2 is 2.00 bits per heavy atom. The van der Waals surface area contributed by atoms with Crippen LogP contribution in [0.3, 0.4) is 0 Å². The van der Waals surface area contributed by atoms with Gasteiger partial charge >= 0.3 is 0 Å². The fraction of sp³-hybridized carbons (Fsp3) is 0.333. The molecule has 2 heterocycles. The largest absolute Gasteiger partial charge is 0.392 e. The predicted molar refractivity (Wildman–Crippen MR) is 61.0 cm³/mol. The minimum atomic E-state index is -0.698. The minimum Gasteiger partial charge on any atom is -0.392 e. The highest BCUT2D eigenvalue weighted by atomic mass is 19.1. The monoisotopic (exact) mass is 267 g/mol. The fourth-order valence-electron chi connectivity index (χ4n) is 2.08. The number of β-amino-alcohol motifs (C(OH)–C–C–N with tert-alkyl or cyclic N) is 1. The van der Waals surface area contributed by atoms with Gasteiger partial charge in [0.15, 0.2) is 0 Å². The van der Waals surface area contributed by atoms with Gasteiger partial charge in [-0.05, 0) is 18.6 Å². The van der Waals surface area contributed by atoms with E-state index in [4.69, 9.17) is 4.52 Å². The van der Waals surface area contributed by atoms with Crippen molar-refractivity contribution < 1.29 is 18.4 Å². The van der Waals surface area contributed by atoms with Crippen LogP contribution < -0.4 is 5.32 Å². The highest BCUT2D eigenvalue weighted by molar-refractivity contribution is 5.54. The topological polar surface area (TPSA) is 71.2 Å². The molecule has 0 spiro atoms. The molecule has 1 aliphatic heterocycles. The number of halogens is 2. The van der Waals surface area contributed by atoms with Crippen LogP contribution in [0.15, 0.2) is 22.7 Å². The number of hydrogen-bond donors (Lipinski definition) is 2. The van der Waals surface area contributed by atoms with Gasteiger partial charge in [-0.3, -0.25) is 0 Å². The highest BCUT2D eigenvalue weighted by Gasteiger charge is 2.28. The van der Waals surface area contributed by atoms with Gasteiger partial charge in [0, 0.05) is 18.2 Å². The molecule has 2 atom stereocenters. The molecule has 100 valence electrons. The lowest BCUT2D eigenvalue weighted by molar-refractivity contribution is 0.191. The number of rotatable bonds is 2. The van der Waals surface area contributed by atoms with Crippen LogP contribution in [-0.2, 0) is 0 Å². The first-order chi connectivity index (χ1) is 9.11. The van der Waals surface area contributed by atoms with Gasteiger partial charge in [0.1, 0.15) is 11.6 Å². The molecule has 7 heteroatoms. The Bertz CT molecular complexity index is 582. The zero-order valence-corrected chi connectivity index (χ0v) is 9.81. The zero-order chi connectivity index (χ0) is 13.4. The average Bonchev–Trinajstić information content (AvgIpc) is 2.95. The maximum Gasteiger partial charge on any atom is 0.244 e. The second-order valence-electron chi connectivity index (χ2n) is 4.46. The van der Waals surface area contributed by atoms with Crippen LogP contribution in [0.1, 0.15) is 18.4 Å². The molecule has 1 aromatic carbocycles. The van der Waals surface area contributed by atoms with Crippen LogP contribution in [0.4, 0.5) is 8.78 Å². The third-order valence-corrected chi connectivity index (χ3v) is 2.97. The van der Waals surface area contributed by atoms with Crippen LogP contribution in [0.5, 0.6) is 0 Å². The normalized spacial score (nSPS) is 22.9. The van der Waals surface area contributed by atoms with Crippen molar-refractivity contribution in [2.45, 2.75) is 18.6 Å². The molecule has 5 nitrogen and oxygen atoms in total. The summed E-state index contributed by atoms with van der Waals surface area (Å²) in [5, 5.41) is 16.1. The maximum absolute atomic E-state index is 13.1. The van der Waals surface area contributed by atoms with E-state index in [0.717, 1.165) is 18.2 Å². The van der Waals surface area contributed by atoms with Gasteiger partial charge in [0.2, 0.25) is 11.7 Å². The Morgan fingerprint density at radius 3 is 2.63 bits per heavy atom. The summed E-state index contributed by atoms with van der Waals surface area (Å²) in [6.45, 7) is 0.455. The second-order valence-corrected chi connectivity index (χ2v) is 4.46. The molecular weight excluding hydrogens is 256 g/mol.